The Bertz CT molecular complexity index is 378. The Labute approximate surface area is 116 Å². The maximum atomic E-state index is 12.5. The van der Waals surface area contributed by atoms with Crippen molar-refractivity contribution in [1.29, 1.82) is 0 Å². The van der Waals surface area contributed by atoms with Gasteiger partial charge in [-0.15, -0.1) is 0 Å². The van der Waals surface area contributed by atoms with Gasteiger partial charge in [0.2, 0.25) is 10.0 Å². The Balaban J connectivity index is 2.00. The van der Waals surface area contributed by atoms with Crippen LogP contribution in [0.4, 0.5) is 0 Å². The highest BCUT2D eigenvalue weighted by molar-refractivity contribution is 7.89. The van der Waals surface area contributed by atoms with Crippen LogP contribution in [-0.4, -0.2) is 55.5 Å². The molecule has 1 saturated heterocycles. The molecule has 112 valence electrons. The Kier molecular flexibility index (Phi) is 5.22. The smallest absolute Gasteiger partial charge is 0.214 e. The highest BCUT2D eigenvalue weighted by Crippen LogP contribution is 2.27. The van der Waals surface area contributed by atoms with Crippen LogP contribution in [0.2, 0.25) is 0 Å². The standard InChI is InChI=1S/C13H25NO4S/c1-11-9-18-13(8-15)7-14(11)19(16,17)10-12-5-3-2-4-6-12/h11-13,15H,2-10H2,1H3. The Morgan fingerprint density at radius 3 is 2.58 bits per heavy atom. The van der Waals surface area contributed by atoms with Gasteiger partial charge in [0.05, 0.1) is 25.1 Å². The third-order valence-corrected chi connectivity index (χ3v) is 6.30. The molecule has 0 aromatic carbocycles. The van der Waals surface area contributed by atoms with Gasteiger partial charge in [-0.1, -0.05) is 19.3 Å². The molecule has 0 bridgehead atoms. The molecule has 19 heavy (non-hydrogen) atoms. The van der Waals surface area contributed by atoms with Crippen LogP contribution in [0.1, 0.15) is 39.0 Å². The number of aliphatic hydroxyl groups is 1. The van der Waals surface area contributed by atoms with Crippen molar-refractivity contribution in [3.63, 3.8) is 0 Å². The second-order valence-electron chi connectivity index (χ2n) is 5.84. The predicted molar refractivity (Wildman–Crippen MR) is 73.4 cm³/mol. The van der Waals surface area contributed by atoms with E-state index in [1.807, 2.05) is 6.92 Å². The van der Waals surface area contributed by atoms with Crippen molar-refractivity contribution in [2.24, 2.45) is 5.92 Å². The number of ether oxygens (including phenoxy) is 1. The minimum Gasteiger partial charge on any atom is -0.394 e. The van der Waals surface area contributed by atoms with Gasteiger partial charge in [-0.05, 0) is 25.7 Å². The van der Waals surface area contributed by atoms with Crippen molar-refractivity contribution in [2.75, 3.05) is 25.5 Å². The number of hydrogen-bond acceptors (Lipinski definition) is 4. The summed E-state index contributed by atoms with van der Waals surface area (Å²) >= 11 is 0. The maximum absolute atomic E-state index is 12.5. The van der Waals surface area contributed by atoms with E-state index in [-0.39, 0.29) is 31.1 Å². The van der Waals surface area contributed by atoms with E-state index in [4.69, 9.17) is 9.84 Å². The van der Waals surface area contributed by atoms with Crippen molar-refractivity contribution in [2.45, 2.75) is 51.2 Å². The van der Waals surface area contributed by atoms with Crippen LogP contribution in [0.15, 0.2) is 0 Å². The summed E-state index contributed by atoms with van der Waals surface area (Å²) in [5.74, 6) is 0.566. The van der Waals surface area contributed by atoms with Crippen LogP contribution < -0.4 is 0 Å². The number of morpholine rings is 1. The minimum atomic E-state index is -3.23. The van der Waals surface area contributed by atoms with E-state index in [0.717, 1.165) is 25.7 Å². The van der Waals surface area contributed by atoms with Crippen LogP contribution in [-0.2, 0) is 14.8 Å². The first-order valence-corrected chi connectivity index (χ1v) is 8.86. The Morgan fingerprint density at radius 1 is 1.26 bits per heavy atom. The zero-order valence-corrected chi connectivity index (χ0v) is 12.4. The van der Waals surface area contributed by atoms with Gasteiger partial charge in [-0.2, -0.15) is 4.31 Å². The van der Waals surface area contributed by atoms with Gasteiger partial charge in [0, 0.05) is 12.6 Å². The lowest BCUT2D eigenvalue weighted by Gasteiger charge is -2.37. The second kappa shape index (κ2) is 6.52. The van der Waals surface area contributed by atoms with Crippen LogP contribution in [0, 0.1) is 5.92 Å². The van der Waals surface area contributed by atoms with E-state index < -0.39 is 10.0 Å². The van der Waals surface area contributed by atoms with Gasteiger partial charge in [-0.3, -0.25) is 0 Å². The van der Waals surface area contributed by atoms with Gasteiger partial charge >= 0.3 is 0 Å². The summed E-state index contributed by atoms with van der Waals surface area (Å²) in [6.45, 7) is 2.40. The molecule has 2 rings (SSSR count). The monoisotopic (exact) mass is 291 g/mol. The third-order valence-electron chi connectivity index (χ3n) is 4.18. The Morgan fingerprint density at radius 2 is 1.95 bits per heavy atom. The molecule has 1 aliphatic heterocycles. The second-order valence-corrected chi connectivity index (χ2v) is 7.81. The van der Waals surface area contributed by atoms with Crippen LogP contribution >= 0.6 is 0 Å². The minimum absolute atomic E-state index is 0.123. The first-order valence-electron chi connectivity index (χ1n) is 7.25. The molecule has 0 aromatic heterocycles. The largest absolute Gasteiger partial charge is 0.394 e. The predicted octanol–water partition coefficient (Wildman–Crippen LogP) is 0.978. The first kappa shape index (κ1) is 15.2. The fourth-order valence-corrected chi connectivity index (χ4v) is 5.16. The lowest BCUT2D eigenvalue weighted by atomic mass is 9.91. The summed E-state index contributed by atoms with van der Waals surface area (Å²) in [7, 11) is -3.23. The molecule has 1 saturated carbocycles. The van der Waals surface area contributed by atoms with Crippen molar-refractivity contribution < 1.29 is 18.3 Å². The molecule has 2 aliphatic rings. The highest BCUT2D eigenvalue weighted by Gasteiger charge is 2.35. The van der Waals surface area contributed by atoms with Crippen LogP contribution in [0.5, 0.6) is 0 Å². The molecule has 1 aliphatic carbocycles. The molecule has 0 spiro atoms. The summed E-state index contributed by atoms with van der Waals surface area (Å²) in [5, 5.41) is 9.14. The fourth-order valence-electron chi connectivity index (χ4n) is 3.04. The van der Waals surface area contributed by atoms with E-state index in [1.54, 1.807) is 0 Å². The molecule has 1 heterocycles. The van der Waals surface area contributed by atoms with Crippen molar-refractivity contribution in [3.8, 4) is 0 Å². The molecule has 2 unspecified atom stereocenters. The summed E-state index contributed by atoms with van der Waals surface area (Å²) in [6.07, 6.45) is 5.22. The van der Waals surface area contributed by atoms with E-state index >= 15 is 0 Å². The lowest BCUT2D eigenvalue weighted by Crippen LogP contribution is -2.53. The average molecular weight is 291 g/mol. The summed E-state index contributed by atoms with van der Waals surface area (Å²) in [6, 6.07) is -0.128. The van der Waals surface area contributed by atoms with Gasteiger partial charge < -0.3 is 9.84 Å². The average Bonchev–Trinajstić information content (AvgIpc) is 2.39. The van der Waals surface area contributed by atoms with Crippen molar-refractivity contribution in [1.82, 2.24) is 4.31 Å². The normalized spacial score (nSPS) is 31.5. The maximum Gasteiger partial charge on any atom is 0.214 e. The number of nitrogens with zero attached hydrogens (tertiary/aromatic N) is 1. The molecule has 0 radical (unpaired) electrons. The molecule has 2 atom stereocenters. The molecule has 0 amide bonds. The Hall–Kier alpha value is -0.170. The topological polar surface area (TPSA) is 66.8 Å². The van der Waals surface area contributed by atoms with Crippen molar-refractivity contribution >= 4 is 10.0 Å². The molecule has 5 nitrogen and oxygen atoms in total. The van der Waals surface area contributed by atoms with E-state index in [2.05, 4.69) is 0 Å². The van der Waals surface area contributed by atoms with Gasteiger partial charge in [-0.25, -0.2) is 8.42 Å². The number of sulfonamides is 1. The number of hydrogen-bond donors (Lipinski definition) is 1. The zero-order chi connectivity index (χ0) is 13.9. The van der Waals surface area contributed by atoms with Crippen molar-refractivity contribution in [3.05, 3.63) is 0 Å². The van der Waals surface area contributed by atoms with E-state index in [1.165, 1.54) is 10.7 Å². The molecular formula is C13H25NO4S. The summed E-state index contributed by atoms with van der Waals surface area (Å²) in [4.78, 5) is 0. The van der Waals surface area contributed by atoms with Gasteiger partial charge in [0.1, 0.15) is 0 Å². The van der Waals surface area contributed by atoms with Gasteiger partial charge in [0.15, 0.2) is 0 Å². The SMILES string of the molecule is CC1COC(CO)CN1S(=O)(=O)CC1CCCCC1. The lowest BCUT2D eigenvalue weighted by molar-refractivity contribution is -0.0517. The van der Waals surface area contributed by atoms with Gasteiger partial charge in [0.25, 0.3) is 0 Å². The summed E-state index contributed by atoms with van der Waals surface area (Å²) in [5.41, 5.74) is 0. The van der Waals surface area contributed by atoms with Crippen LogP contribution in [0.25, 0.3) is 0 Å². The van der Waals surface area contributed by atoms with E-state index in [0.29, 0.717) is 12.5 Å². The number of rotatable bonds is 4. The molecule has 0 aromatic rings. The van der Waals surface area contributed by atoms with Crippen LogP contribution in [0.3, 0.4) is 0 Å². The highest BCUT2D eigenvalue weighted by atomic mass is 32.2. The first-order chi connectivity index (χ1) is 9.03. The van der Waals surface area contributed by atoms with E-state index in [9.17, 15) is 8.42 Å². The molecule has 1 N–H and O–H groups in total. The molecule has 6 heteroatoms. The summed E-state index contributed by atoms with van der Waals surface area (Å²) < 4.78 is 32.0. The third kappa shape index (κ3) is 3.90. The fraction of sp³-hybridized carbons (Fsp3) is 1.00. The molecule has 2 fully saturated rings. The quantitative estimate of drug-likeness (QED) is 0.838. The number of aliphatic hydroxyl groups excluding tert-OH is 1. The zero-order valence-electron chi connectivity index (χ0n) is 11.6. The molecular weight excluding hydrogens is 266 g/mol.